The summed E-state index contributed by atoms with van der Waals surface area (Å²) >= 11 is 0. The molecular weight excluding hydrogens is 366 g/mol. The molecule has 2 aromatic rings. The van der Waals surface area contributed by atoms with Crippen LogP contribution in [0.4, 0.5) is 0 Å². The van der Waals surface area contributed by atoms with Crippen molar-refractivity contribution in [3.8, 4) is 11.5 Å². The zero-order valence-electron chi connectivity index (χ0n) is 15.4. The molecule has 2 aromatic carbocycles. The van der Waals surface area contributed by atoms with Crippen LogP contribution in [0.15, 0.2) is 53.4 Å². The topological polar surface area (TPSA) is 72.9 Å². The molecule has 3 atom stereocenters. The highest BCUT2D eigenvalue weighted by atomic mass is 32.2. The Balaban J connectivity index is 1.91. The molecule has 4 rings (SSSR count). The van der Waals surface area contributed by atoms with Gasteiger partial charge >= 0.3 is 0 Å². The fourth-order valence-electron chi connectivity index (χ4n) is 4.01. The van der Waals surface area contributed by atoms with Gasteiger partial charge in [-0.3, -0.25) is 4.79 Å². The van der Waals surface area contributed by atoms with Crippen molar-refractivity contribution in [2.75, 3.05) is 14.2 Å². The van der Waals surface area contributed by atoms with E-state index in [9.17, 15) is 13.2 Å². The molecule has 6 nitrogen and oxygen atoms in total. The van der Waals surface area contributed by atoms with Gasteiger partial charge in [0.15, 0.2) is 20.8 Å². The Bertz CT molecular complexity index is 1000. The van der Waals surface area contributed by atoms with Crippen LogP contribution >= 0.6 is 0 Å². The van der Waals surface area contributed by atoms with E-state index in [2.05, 4.69) is 0 Å². The van der Waals surface area contributed by atoms with Crippen molar-refractivity contribution in [1.82, 2.24) is 4.90 Å². The van der Waals surface area contributed by atoms with Crippen LogP contribution in [-0.4, -0.2) is 44.4 Å². The molecule has 0 aliphatic carbocycles. The minimum absolute atomic E-state index is 0.149. The number of hydrogen-bond acceptors (Lipinski definition) is 5. The van der Waals surface area contributed by atoms with Gasteiger partial charge in [0.1, 0.15) is 11.5 Å². The summed E-state index contributed by atoms with van der Waals surface area (Å²) in [7, 11) is -0.725. The molecule has 1 fully saturated rings. The molecular formula is C20H21NO5S. The normalized spacial score (nSPS) is 26.9. The van der Waals surface area contributed by atoms with Crippen LogP contribution in [0.1, 0.15) is 24.8 Å². The van der Waals surface area contributed by atoms with Crippen molar-refractivity contribution in [2.45, 2.75) is 35.1 Å². The zero-order valence-corrected chi connectivity index (χ0v) is 16.2. The van der Waals surface area contributed by atoms with Crippen molar-refractivity contribution >= 4 is 15.7 Å². The predicted octanol–water partition coefficient (Wildman–Crippen LogP) is 2.59. The minimum Gasteiger partial charge on any atom is -0.497 e. The lowest BCUT2D eigenvalue weighted by Gasteiger charge is -2.51. The van der Waals surface area contributed by atoms with Gasteiger partial charge in [-0.15, -0.1) is 0 Å². The Labute approximate surface area is 158 Å². The van der Waals surface area contributed by atoms with E-state index in [1.165, 1.54) is 17.0 Å². The van der Waals surface area contributed by atoms with Gasteiger partial charge in [0, 0.05) is 24.9 Å². The van der Waals surface area contributed by atoms with E-state index in [4.69, 9.17) is 9.47 Å². The molecule has 0 spiro atoms. The molecule has 1 unspecified atom stereocenters. The SMILES string of the molecule is COc1ccc2c(c1)[C@H]1C[C@@](C)(O2)N(C)C(=O)C1S(=O)(=O)c1ccccc1. The van der Waals surface area contributed by atoms with Gasteiger partial charge in [-0.1, -0.05) is 18.2 Å². The Morgan fingerprint density at radius 2 is 1.89 bits per heavy atom. The number of ether oxygens (including phenoxy) is 2. The van der Waals surface area contributed by atoms with Crippen molar-refractivity contribution in [3.05, 3.63) is 54.1 Å². The largest absolute Gasteiger partial charge is 0.497 e. The van der Waals surface area contributed by atoms with E-state index in [1.54, 1.807) is 50.6 Å². The first-order valence-electron chi connectivity index (χ1n) is 8.71. The maximum Gasteiger partial charge on any atom is 0.244 e. The molecule has 0 N–H and O–H groups in total. The molecule has 1 amide bonds. The van der Waals surface area contributed by atoms with Gasteiger partial charge < -0.3 is 14.4 Å². The Morgan fingerprint density at radius 1 is 1.19 bits per heavy atom. The summed E-state index contributed by atoms with van der Waals surface area (Å²) < 4.78 is 38.2. The second-order valence-corrected chi connectivity index (χ2v) is 9.24. The predicted molar refractivity (Wildman–Crippen MR) is 99.6 cm³/mol. The lowest BCUT2D eigenvalue weighted by Crippen LogP contribution is -2.64. The summed E-state index contributed by atoms with van der Waals surface area (Å²) in [6.07, 6.45) is 0.395. The highest BCUT2D eigenvalue weighted by molar-refractivity contribution is 7.92. The van der Waals surface area contributed by atoms with E-state index < -0.39 is 32.6 Å². The van der Waals surface area contributed by atoms with Crippen LogP contribution in [-0.2, 0) is 14.6 Å². The third-order valence-electron chi connectivity index (χ3n) is 5.60. The fourth-order valence-corrected chi connectivity index (χ4v) is 5.94. The molecule has 27 heavy (non-hydrogen) atoms. The van der Waals surface area contributed by atoms with Gasteiger partial charge in [0.25, 0.3) is 0 Å². The van der Waals surface area contributed by atoms with Crippen LogP contribution in [0, 0.1) is 0 Å². The molecule has 2 heterocycles. The van der Waals surface area contributed by atoms with Crippen LogP contribution < -0.4 is 9.47 Å². The fraction of sp³-hybridized carbons (Fsp3) is 0.350. The number of sulfone groups is 1. The third kappa shape index (κ3) is 2.60. The van der Waals surface area contributed by atoms with Crippen molar-refractivity contribution < 1.29 is 22.7 Å². The summed E-state index contributed by atoms with van der Waals surface area (Å²) in [5, 5.41) is -1.20. The molecule has 7 heteroatoms. The standard InChI is InChI=1S/C20H21NO5S/c1-20-12-16(15-11-13(25-3)9-10-17(15)26-20)18(19(22)21(20)2)27(23,24)14-7-5-4-6-8-14/h4-11,16,18H,12H2,1-3H3/t16-,18?,20-/m1/s1. The number of fused-ring (bicyclic) bond motifs is 4. The number of carbonyl (C=O) groups excluding carboxylic acids is 1. The maximum atomic E-state index is 13.4. The van der Waals surface area contributed by atoms with Gasteiger partial charge in [-0.25, -0.2) is 8.42 Å². The van der Waals surface area contributed by atoms with Gasteiger partial charge in [-0.2, -0.15) is 0 Å². The highest BCUT2D eigenvalue weighted by Gasteiger charge is 2.57. The second-order valence-electron chi connectivity index (χ2n) is 7.17. The number of benzene rings is 2. The molecule has 2 bridgehead atoms. The van der Waals surface area contributed by atoms with Gasteiger partial charge in [-0.05, 0) is 37.3 Å². The molecule has 0 saturated carbocycles. The van der Waals surface area contributed by atoms with E-state index in [-0.39, 0.29) is 4.90 Å². The van der Waals surface area contributed by atoms with Crippen LogP contribution in [0.25, 0.3) is 0 Å². The monoisotopic (exact) mass is 387 g/mol. The maximum absolute atomic E-state index is 13.4. The first-order valence-corrected chi connectivity index (χ1v) is 10.3. The van der Waals surface area contributed by atoms with Gasteiger partial charge in [0.05, 0.1) is 12.0 Å². The lowest BCUT2D eigenvalue weighted by molar-refractivity contribution is -0.159. The number of rotatable bonds is 3. The highest BCUT2D eigenvalue weighted by Crippen LogP contribution is 2.50. The van der Waals surface area contributed by atoms with Crippen LogP contribution in [0.5, 0.6) is 11.5 Å². The minimum atomic E-state index is -3.87. The van der Waals surface area contributed by atoms with Crippen molar-refractivity contribution in [3.63, 3.8) is 0 Å². The van der Waals surface area contributed by atoms with Crippen molar-refractivity contribution in [1.29, 1.82) is 0 Å². The number of amides is 1. The summed E-state index contributed by atoms with van der Waals surface area (Å²) in [5.74, 6) is 0.221. The quantitative estimate of drug-likeness (QED) is 0.809. The van der Waals surface area contributed by atoms with E-state index in [1.807, 2.05) is 6.92 Å². The molecule has 1 saturated heterocycles. The number of piperidine rings is 1. The Kier molecular flexibility index (Phi) is 3.96. The number of likely N-dealkylation sites (tertiary alicyclic amines) is 1. The third-order valence-corrected chi connectivity index (χ3v) is 7.73. The smallest absolute Gasteiger partial charge is 0.244 e. The summed E-state index contributed by atoms with van der Waals surface area (Å²) in [6.45, 7) is 1.82. The number of carbonyl (C=O) groups is 1. The Hall–Kier alpha value is -2.54. The van der Waals surface area contributed by atoms with Gasteiger partial charge in [0.2, 0.25) is 5.91 Å². The Morgan fingerprint density at radius 3 is 2.56 bits per heavy atom. The zero-order chi connectivity index (χ0) is 19.4. The average Bonchev–Trinajstić information content (AvgIpc) is 2.66. The average molecular weight is 387 g/mol. The molecule has 0 aromatic heterocycles. The molecule has 2 aliphatic rings. The lowest BCUT2D eigenvalue weighted by atomic mass is 9.80. The second kappa shape index (κ2) is 5.99. The first kappa shape index (κ1) is 17.9. The summed E-state index contributed by atoms with van der Waals surface area (Å²) in [5.41, 5.74) is -0.191. The summed E-state index contributed by atoms with van der Waals surface area (Å²) in [4.78, 5) is 14.7. The van der Waals surface area contributed by atoms with E-state index in [0.29, 0.717) is 23.5 Å². The van der Waals surface area contributed by atoms with E-state index >= 15 is 0 Å². The number of hydrogen-bond donors (Lipinski definition) is 0. The number of nitrogens with zero attached hydrogens (tertiary/aromatic N) is 1. The molecule has 2 aliphatic heterocycles. The summed E-state index contributed by atoms with van der Waals surface area (Å²) in [6, 6.07) is 13.4. The molecule has 0 radical (unpaired) electrons. The van der Waals surface area contributed by atoms with Crippen LogP contribution in [0.3, 0.4) is 0 Å². The molecule has 142 valence electrons. The number of methoxy groups -OCH3 is 1. The van der Waals surface area contributed by atoms with Crippen LogP contribution in [0.2, 0.25) is 0 Å². The first-order chi connectivity index (χ1) is 12.8. The van der Waals surface area contributed by atoms with E-state index in [0.717, 1.165) is 0 Å². The van der Waals surface area contributed by atoms with Crippen molar-refractivity contribution in [2.24, 2.45) is 0 Å².